The highest BCUT2D eigenvalue weighted by Crippen LogP contribution is 1.65. The molecule has 0 aromatic heterocycles. The first-order chi connectivity index (χ1) is 3.41. The Labute approximate surface area is 44.2 Å². The third kappa shape index (κ3) is 5.04. The molecule has 0 N–H and O–H groups in total. The summed E-state index contributed by atoms with van der Waals surface area (Å²) in [6.07, 6.45) is 5.29. The smallest absolute Gasteiger partial charge is 0.0126 e. The minimum Gasteiger partial charge on any atom is -0.128 e. The summed E-state index contributed by atoms with van der Waals surface area (Å²) in [4.78, 5) is 0. The summed E-state index contributed by atoms with van der Waals surface area (Å²) in [7, 11) is 0. The molecule has 0 atom stereocenters. The fraction of sp³-hybridized carbons (Fsp3) is 0.143. The summed E-state index contributed by atoms with van der Waals surface area (Å²) in [6.45, 7) is 5.28. The van der Waals surface area contributed by atoms with Crippen molar-refractivity contribution in [2.75, 3.05) is 0 Å². The highest BCUT2D eigenvalue weighted by atomic mass is 13.5. The Kier molecular flexibility index (Phi) is 4.35. The molecule has 0 spiro atoms. The second kappa shape index (κ2) is 5.04. The molecule has 0 amide bonds. The molecule has 7 heavy (non-hydrogen) atoms. The van der Waals surface area contributed by atoms with E-state index in [1.165, 1.54) is 0 Å². The minimum absolute atomic E-state index is 1.71. The van der Waals surface area contributed by atoms with Crippen molar-refractivity contribution in [1.29, 1.82) is 0 Å². The van der Waals surface area contributed by atoms with Gasteiger partial charge in [-0.25, -0.2) is 0 Å². The van der Waals surface area contributed by atoms with Crippen molar-refractivity contribution in [2.45, 2.75) is 6.92 Å². The third-order valence-electron chi connectivity index (χ3n) is 0.464. The van der Waals surface area contributed by atoms with Crippen LogP contribution in [0.5, 0.6) is 0 Å². The van der Waals surface area contributed by atoms with E-state index in [2.05, 4.69) is 18.0 Å². The highest BCUT2D eigenvalue weighted by Gasteiger charge is 1.45. The second-order valence-corrected chi connectivity index (χ2v) is 0.993. The first kappa shape index (κ1) is 6.04. The Morgan fingerprint density at radius 3 is 2.57 bits per heavy atom. The molecule has 0 rings (SSSR count). The third-order valence-corrected chi connectivity index (χ3v) is 0.464. The summed E-state index contributed by atoms with van der Waals surface area (Å²) in [5.41, 5.74) is 5.43. The van der Waals surface area contributed by atoms with E-state index in [-0.39, 0.29) is 0 Å². The van der Waals surface area contributed by atoms with Crippen molar-refractivity contribution in [3.63, 3.8) is 0 Å². The van der Waals surface area contributed by atoms with E-state index in [0.29, 0.717) is 0 Å². The van der Waals surface area contributed by atoms with Gasteiger partial charge in [-0.3, -0.25) is 0 Å². The Bertz CT molecular complexity index is 128. The maximum Gasteiger partial charge on any atom is -0.0126 e. The summed E-state index contributed by atoms with van der Waals surface area (Å²) in [5.74, 6) is 0. The molecule has 0 bridgehead atoms. The molecule has 0 heteroatoms. The van der Waals surface area contributed by atoms with Gasteiger partial charge in [-0.1, -0.05) is 6.58 Å². The first-order valence-electron chi connectivity index (χ1n) is 2.13. The van der Waals surface area contributed by atoms with Crippen LogP contribution < -0.4 is 0 Å². The van der Waals surface area contributed by atoms with E-state index in [1.54, 1.807) is 12.2 Å². The summed E-state index contributed by atoms with van der Waals surface area (Å²) >= 11 is 0. The molecule has 0 heterocycles. The van der Waals surface area contributed by atoms with Crippen molar-refractivity contribution < 1.29 is 0 Å². The summed E-state index contributed by atoms with van der Waals surface area (Å²) < 4.78 is 0. The standard InChI is InChI=1S/C7H8/c1-3-5-7-6-4-2/h4-5,7H,1H2,2H3. The molecule has 0 aromatic rings. The van der Waals surface area contributed by atoms with Gasteiger partial charge in [-0.2, -0.15) is 0 Å². The fourth-order valence-electron chi connectivity index (χ4n) is 0.203. The predicted molar refractivity (Wildman–Crippen MR) is 32.0 cm³/mol. The number of rotatable bonds is 1. The van der Waals surface area contributed by atoms with E-state index in [0.717, 1.165) is 0 Å². The highest BCUT2D eigenvalue weighted by molar-refractivity contribution is 4.99. The van der Waals surface area contributed by atoms with Crippen molar-refractivity contribution >= 4 is 0 Å². The van der Waals surface area contributed by atoms with Gasteiger partial charge in [0, 0.05) is 0 Å². The molecule has 36 valence electrons. The molecule has 0 radical (unpaired) electrons. The Balaban J connectivity index is 3.71. The Morgan fingerprint density at radius 1 is 1.43 bits per heavy atom. The van der Waals surface area contributed by atoms with Crippen LogP contribution in [0, 0.1) is 0 Å². The van der Waals surface area contributed by atoms with Crippen LogP contribution in [0.2, 0.25) is 0 Å². The van der Waals surface area contributed by atoms with Crippen LogP contribution in [0.15, 0.2) is 36.3 Å². The quantitative estimate of drug-likeness (QED) is 0.343. The fourth-order valence-corrected chi connectivity index (χ4v) is 0.203. The molecule has 0 aliphatic heterocycles. The van der Waals surface area contributed by atoms with E-state index < -0.39 is 0 Å². The monoisotopic (exact) mass is 92.1 g/mol. The van der Waals surface area contributed by atoms with Crippen LogP contribution in [-0.4, -0.2) is 0 Å². The van der Waals surface area contributed by atoms with Crippen molar-refractivity contribution in [3.8, 4) is 0 Å². The van der Waals surface area contributed by atoms with Gasteiger partial charge in [0.1, 0.15) is 0 Å². The van der Waals surface area contributed by atoms with Crippen LogP contribution in [0.4, 0.5) is 0 Å². The lowest BCUT2D eigenvalue weighted by Gasteiger charge is -1.55. The lowest BCUT2D eigenvalue weighted by atomic mass is 10.5. The number of allylic oxidation sites excluding steroid dienone is 2. The van der Waals surface area contributed by atoms with Crippen LogP contribution in [-0.2, 0) is 0 Å². The molecular formula is C7H8. The Morgan fingerprint density at radius 2 is 2.14 bits per heavy atom. The zero-order chi connectivity index (χ0) is 5.54. The van der Waals surface area contributed by atoms with Gasteiger partial charge in [0.25, 0.3) is 0 Å². The number of hydrogen-bond donors (Lipinski definition) is 0. The molecule has 0 aliphatic rings. The van der Waals surface area contributed by atoms with Gasteiger partial charge < -0.3 is 0 Å². The van der Waals surface area contributed by atoms with Crippen LogP contribution in [0.1, 0.15) is 6.92 Å². The second-order valence-electron chi connectivity index (χ2n) is 0.993. The average molecular weight is 92.1 g/mol. The molecule has 0 saturated heterocycles. The SMILES string of the molecule is C=C=CC=C=CC. The van der Waals surface area contributed by atoms with E-state index >= 15 is 0 Å². The van der Waals surface area contributed by atoms with E-state index in [4.69, 9.17) is 0 Å². The topological polar surface area (TPSA) is 0 Å². The lowest BCUT2D eigenvalue weighted by molar-refractivity contribution is 1.76. The van der Waals surface area contributed by atoms with Gasteiger partial charge in [-0.15, -0.1) is 11.5 Å². The average Bonchev–Trinajstić information content (AvgIpc) is 1.69. The zero-order valence-corrected chi connectivity index (χ0v) is 4.44. The molecule has 0 unspecified atom stereocenters. The lowest BCUT2D eigenvalue weighted by Crippen LogP contribution is -1.34. The van der Waals surface area contributed by atoms with Crippen molar-refractivity contribution in [2.24, 2.45) is 0 Å². The van der Waals surface area contributed by atoms with Gasteiger partial charge >= 0.3 is 0 Å². The van der Waals surface area contributed by atoms with Crippen LogP contribution in [0.25, 0.3) is 0 Å². The van der Waals surface area contributed by atoms with Gasteiger partial charge in [0.15, 0.2) is 0 Å². The molecule has 0 saturated carbocycles. The molecule has 0 nitrogen and oxygen atoms in total. The van der Waals surface area contributed by atoms with Gasteiger partial charge in [-0.05, 0) is 25.2 Å². The van der Waals surface area contributed by atoms with Crippen LogP contribution in [0.3, 0.4) is 0 Å². The zero-order valence-electron chi connectivity index (χ0n) is 4.44. The van der Waals surface area contributed by atoms with E-state index in [1.807, 2.05) is 13.0 Å². The predicted octanol–water partition coefficient (Wildman–Crippen LogP) is 2.06. The maximum absolute atomic E-state index is 3.37. The normalized spacial score (nSPS) is 5.29. The molecule has 0 aliphatic carbocycles. The van der Waals surface area contributed by atoms with Gasteiger partial charge in [0.05, 0.1) is 0 Å². The first-order valence-corrected chi connectivity index (χ1v) is 2.13. The maximum atomic E-state index is 3.37. The van der Waals surface area contributed by atoms with Gasteiger partial charge in [0.2, 0.25) is 0 Å². The minimum atomic E-state index is 1.71. The Hall–Kier alpha value is -0.960. The molecule has 0 fully saturated rings. The molecule has 0 aromatic carbocycles. The molecular weight excluding hydrogens is 84.1 g/mol. The van der Waals surface area contributed by atoms with Crippen molar-refractivity contribution in [3.05, 3.63) is 36.3 Å². The van der Waals surface area contributed by atoms with Crippen LogP contribution >= 0.6 is 0 Å². The summed E-state index contributed by atoms with van der Waals surface area (Å²) in [6, 6.07) is 0. The van der Waals surface area contributed by atoms with Crippen molar-refractivity contribution in [1.82, 2.24) is 0 Å². The summed E-state index contributed by atoms with van der Waals surface area (Å²) in [5, 5.41) is 0. The number of hydrogen-bond acceptors (Lipinski definition) is 0. The van der Waals surface area contributed by atoms with E-state index in [9.17, 15) is 0 Å². The largest absolute Gasteiger partial charge is 0.128 e.